The van der Waals surface area contributed by atoms with E-state index in [0.29, 0.717) is 22.9 Å². The maximum Gasteiger partial charge on any atom is 0.274 e. The van der Waals surface area contributed by atoms with Gasteiger partial charge in [0.05, 0.1) is 12.8 Å². The molecule has 0 radical (unpaired) electrons. The monoisotopic (exact) mass is 331 g/mol. The fourth-order valence-electron chi connectivity index (χ4n) is 3.40. The standard InChI is InChI=1S/C17H25N5O2/c1-12-16(22-14(18-12)8-9-15(19-22)24-4)17(23)21-10-6-5-7-13(21)11-20(2)3/h8-9,13H,5-7,10-11H2,1-4H3. The maximum atomic E-state index is 13.3. The van der Waals surface area contributed by atoms with Crippen molar-refractivity contribution >= 4 is 11.6 Å². The zero-order chi connectivity index (χ0) is 17.3. The molecule has 0 bridgehead atoms. The highest BCUT2D eigenvalue weighted by atomic mass is 16.5. The topological polar surface area (TPSA) is 63.0 Å². The number of aryl methyl sites for hydroxylation is 1. The molecule has 1 atom stereocenters. The number of fused-ring (bicyclic) bond motifs is 1. The van der Waals surface area contributed by atoms with Crippen LogP contribution >= 0.6 is 0 Å². The molecule has 3 heterocycles. The van der Waals surface area contributed by atoms with Gasteiger partial charge in [-0.1, -0.05) is 0 Å². The van der Waals surface area contributed by atoms with Crippen molar-refractivity contribution < 1.29 is 9.53 Å². The number of hydrogen-bond donors (Lipinski definition) is 0. The number of ether oxygens (including phenoxy) is 1. The minimum absolute atomic E-state index is 0.00676. The van der Waals surface area contributed by atoms with Crippen LogP contribution in [0.15, 0.2) is 12.1 Å². The molecule has 2 aromatic heterocycles. The minimum Gasteiger partial charge on any atom is -0.480 e. The van der Waals surface area contributed by atoms with E-state index in [1.54, 1.807) is 17.7 Å². The van der Waals surface area contributed by atoms with E-state index in [9.17, 15) is 4.79 Å². The fraction of sp³-hybridized carbons (Fsp3) is 0.588. The third-order valence-electron chi connectivity index (χ3n) is 4.50. The van der Waals surface area contributed by atoms with E-state index in [0.717, 1.165) is 25.9 Å². The molecule has 1 aliphatic heterocycles. The Labute approximate surface area is 142 Å². The van der Waals surface area contributed by atoms with E-state index in [2.05, 4.69) is 15.0 Å². The Hall–Kier alpha value is -2.15. The average molecular weight is 331 g/mol. The number of likely N-dealkylation sites (tertiary alicyclic amines) is 1. The second-order valence-corrected chi connectivity index (χ2v) is 6.60. The lowest BCUT2D eigenvalue weighted by Gasteiger charge is -2.37. The van der Waals surface area contributed by atoms with Crippen LogP contribution in [0.3, 0.4) is 0 Å². The van der Waals surface area contributed by atoms with Gasteiger partial charge in [-0.15, -0.1) is 5.10 Å². The van der Waals surface area contributed by atoms with Crippen LogP contribution in [-0.2, 0) is 0 Å². The molecule has 24 heavy (non-hydrogen) atoms. The number of likely N-dealkylation sites (N-methyl/N-ethyl adjacent to an activating group) is 1. The summed E-state index contributed by atoms with van der Waals surface area (Å²) in [5, 5.41) is 4.39. The first-order valence-corrected chi connectivity index (χ1v) is 8.37. The molecule has 1 unspecified atom stereocenters. The normalized spacial score (nSPS) is 18.4. The lowest BCUT2D eigenvalue weighted by molar-refractivity contribution is 0.0565. The van der Waals surface area contributed by atoms with Crippen molar-refractivity contribution in [3.63, 3.8) is 0 Å². The summed E-state index contributed by atoms with van der Waals surface area (Å²) in [5.74, 6) is 0.477. The van der Waals surface area contributed by atoms with Gasteiger partial charge in [0.1, 0.15) is 0 Å². The zero-order valence-electron chi connectivity index (χ0n) is 14.8. The van der Waals surface area contributed by atoms with Crippen LogP contribution in [0, 0.1) is 6.92 Å². The molecule has 1 aliphatic rings. The first kappa shape index (κ1) is 16.7. The Morgan fingerprint density at radius 3 is 2.88 bits per heavy atom. The lowest BCUT2D eigenvalue weighted by atomic mass is 10.0. The van der Waals surface area contributed by atoms with Gasteiger partial charge < -0.3 is 14.5 Å². The van der Waals surface area contributed by atoms with Gasteiger partial charge in [0.25, 0.3) is 5.91 Å². The maximum absolute atomic E-state index is 13.3. The van der Waals surface area contributed by atoms with Crippen LogP contribution in [0.4, 0.5) is 0 Å². The van der Waals surface area contributed by atoms with Crippen molar-refractivity contribution in [2.75, 3.05) is 34.3 Å². The average Bonchev–Trinajstić information content (AvgIpc) is 2.89. The second kappa shape index (κ2) is 6.76. The number of amides is 1. The predicted octanol–water partition coefficient (Wildman–Crippen LogP) is 1.60. The number of methoxy groups -OCH3 is 1. The van der Waals surface area contributed by atoms with E-state index in [4.69, 9.17) is 4.74 Å². The largest absolute Gasteiger partial charge is 0.480 e. The number of carbonyl (C=O) groups excluding carboxylic acids is 1. The van der Waals surface area contributed by atoms with Crippen LogP contribution in [0.25, 0.3) is 5.65 Å². The molecule has 0 N–H and O–H groups in total. The molecule has 2 aromatic rings. The summed E-state index contributed by atoms with van der Waals surface area (Å²) in [7, 11) is 5.66. The van der Waals surface area contributed by atoms with Crippen molar-refractivity contribution in [3.05, 3.63) is 23.5 Å². The molecule has 3 rings (SSSR count). The molecule has 0 saturated carbocycles. The number of aromatic nitrogens is 3. The van der Waals surface area contributed by atoms with Gasteiger partial charge in [0.2, 0.25) is 5.88 Å². The molecule has 1 amide bonds. The van der Waals surface area contributed by atoms with E-state index >= 15 is 0 Å². The summed E-state index contributed by atoms with van der Waals surface area (Å²) in [6.45, 7) is 3.52. The van der Waals surface area contributed by atoms with E-state index in [1.165, 1.54) is 6.42 Å². The van der Waals surface area contributed by atoms with Crippen molar-refractivity contribution in [2.24, 2.45) is 0 Å². The van der Waals surface area contributed by atoms with Crippen molar-refractivity contribution in [2.45, 2.75) is 32.2 Å². The van der Waals surface area contributed by atoms with Gasteiger partial charge in [-0.25, -0.2) is 9.50 Å². The molecule has 0 aliphatic carbocycles. The second-order valence-electron chi connectivity index (χ2n) is 6.60. The third kappa shape index (κ3) is 3.08. The summed E-state index contributed by atoms with van der Waals surface area (Å²) >= 11 is 0. The Balaban J connectivity index is 1.98. The van der Waals surface area contributed by atoms with Crippen LogP contribution in [0.5, 0.6) is 5.88 Å². The molecular weight excluding hydrogens is 306 g/mol. The molecule has 0 spiro atoms. The van der Waals surface area contributed by atoms with Gasteiger partial charge in [-0.3, -0.25) is 4.79 Å². The van der Waals surface area contributed by atoms with E-state index < -0.39 is 0 Å². The predicted molar refractivity (Wildman–Crippen MR) is 91.5 cm³/mol. The molecular formula is C17H25N5O2. The van der Waals surface area contributed by atoms with Crippen molar-refractivity contribution in [1.29, 1.82) is 0 Å². The Morgan fingerprint density at radius 1 is 1.38 bits per heavy atom. The summed E-state index contributed by atoms with van der Waals surface area (Å²) in [4.78, 5) is 21.9. The molecule has 1 saturated heterocycles. The SMILES string of the molecule is COc1ccc2nc(C)c(C(=O)N3CCCCC3CN(C)C)n2n1. The smallest absolute Gasteiger partial charge is 0.274 e. The van der Waals surface area contributed by atoms with Gasteiger partial charge in [-0.2, -0.15) is 0 Å². The van der Waals surface area contributed by atoms with E-state index in [1.807, 2.05) is 32.0 Å². The molecule has 1 fully saturated rings. The van der Waals surface area contributed by atoms with Crippen LogP contribution in [0.2, 0.25) is 0 Å². The van der Waals surface area contributed by atoms with Gasteiger partial charge in [0.15, 0.2) is 11.3 Å². The number of piperidine rings is 1. The Bertz CT molecular complexity index is 740. The van der Waals surface area contributed by atoms with Crippen LogP contribution in [-0.4, -0.2) is 70.6 Å². The highest BCUT2D eigenvalue weighted by Gasteiger charge is 2.31. The van der Waals surface area contributed by atoms with Crippen LogP contribution in [0.1, 0.15) is 35.4 Å². The number of nitrogens with zero attached hydrogens (tertiary/aromatic N) is 5. The van der Waals surface area contributed by atoms with E-state index in [-0.39, 0.29) is 11.9 Å². The Kier molecular flexibility index (Phi) is 4.71. The number of hydrogen-bond acceptors (Lipinski definition) is 5. The Morgan fingerprint density at radius 2 is 2.17 bits per heavy atom. The third-order valence-corrected chi connectivity index (χ3v) is 4.50. The van der Waals surface area contributed by atoms with Gasteiger partial charge >= 0.3 is 0 Å². The first-order valence-electron chi connectivity index (χ1n) is 8.37. The summed E-state index contributed by atoms with van der Waals surface area (Å²) in [6, 6.07) is 3.81. The molecule has 130 valence electrons. The highest BCUT2D eigenvalue weighted by molar-refractivity contribution is 5.94. The summed E-state index contributed by atoms with van der Waals surface area (Å²) in [5.41, 5.74) is 1.90. The number of carbonyl (C=O) groups is 1. The van der Waals surface area contributed by atoms with Crippen LogP contribution < -0.4 is 4.74 Å². The van der Waals surface area contributed by atoms with Gasteiger partial charge in [0, 0.05) is 25.2 Å². The number of rotatable bonds is 4. The summed E-state index contributed by atoms with van der Waals surface area (Å²) in [6.07, 6.45) is 3.25. The first-order chi connectivity index (χ1) is 11.5. The highest BCUT2D eigenvalue weighted by Crippen LogP contribution is 2.22. The van der Waals surface area contributed by atoms with Gasteiger partial charge in [-0.05, 0) is 46.3 Å². The molecule has 0 aromatic carbocycles. The lowest BCUT2D eigenvalue weighted by Crippen LogP contribution is -2.48. The quantitative estimate of drug-likeness (QED) is 0.851. The molecule has 7 heteroatoms. The zero-order valence-corrected chi connectivity index (χ0v) is 14.8. The van der Waals surface area contributed by atoms with Crippen molar-refractivity contribution in [1.82, 2.24) is 24.4 Å². The molecule has 7 nitrogen and oxygen atoms in total. The fourth-order valence-corrected chi connectivity index (χ4v) is 3.40. The number of imidazole rings is 1. The minimum atomic E-state index is 0.00676. The van der Waals surface area contributed by atoms with Crippen molar-refractivity contribution in [3.8, 4) is 5.88 Å². The summed E-state index contributed by atoms with van der Waals surface area (Å²) < 4.78 is 6.80.